The van der Waals surface area contributed by atoms with Crippen molar-refractivity contribution in [2.75, 3.05) is 11.4 Å². The zero-order chi connectivity index (χ0) is 15.9. The Morgan fingerprint density at radius 3 is 2.14 bits per heavy atom. The van der Waals surface area contributed by atoms with Crippen LogP contribution in [0, 0.1) is 19.8 Å². The highest BCUT2D eigenvalue weighted by molar-refractivity contribution is 6.00. The number of carboxylic acid groups (broad SMARTS) is 1. The highest BCUT2D eigenvalue weighted by atomic mass is 16.4. The van der Waals surface area contributed by atoms with Gasteiger partial charge in [-0.1, -0.05) is 32.9 Å². The molecule has 1 aliphatic rings. The molecule has 1 aliphatic heterocycles. The van der Waals surface area contributed by atoms with Crippen molar-refractivity contribution in [3.63, 3.8) is 0 Å². The van der Waals surface area contributed by atoms with E-state index in [1.54, 1.807) is 4.90 Å². The highest BCUT2D eigenvalue weighted by Crippen LogP contribution is 2.34. The van der Waals surface area contributed by atoms with Crippen molar-refractivity contribution in [2.45, 2.75) is 46.5 Å². The Bertz CT molecular complexity index is 576. The largest absolute Gasteiger partial charge is 0.481 e. The smallest absolute Gasteiger partial charge is 0.308 e. The van der Waals surface area contributed by atoms with E-state index in [2.05, 4.69) is 32.9 Å². The fourth-order valence-corrected chi connectivity index (χ4v) is 2.90. The summed E-state index contributed by atoms with van der Waals surface area (Å²) >= 11 is 0. The molecule has 1 N–H and O–H groups in total. The van der Waals surface area contributed by atoms with Gasteiger partial charge in [0.2, 0.25) is 5.91 Å². The second-order valence-corrected chi connectivity index (χ2v) is 6.95. The van der Waals surface area contributed by atoms with Gasteiger partial charge in [0, 0.05) is 18.7 Å². The van der Waals surface area contributed by atoms with Crippen molar-refractivity contribution in [2.24, 2.45) is 5.92 Å². The lowest BCUT2D eigenvalue weighted by atomic mass is 9.84. The summed E-state index contributed by atoms with van der Waals surface area (Å²) in [6.07, 6.45) is 0.0925. The van der Waals surface area contributed by atoms with Crippen molar-refractivity contribution >= 4 is 17.6 Å². The number of aryl methyl sites for hydroxylation is 2. The summed E-state index contributed by atoms with van der Waals surface area (Å²) in [4.78, 5) is 24.9. The van der Waals surface area contributed by atoms with Crippen LogP contribution in [0.3, 0.4) is 0 Å². The van der Waals surface area contributed by atoms with E-state index >= 15 is 0 Å². The Hall–Kier alpha value is -1.84. The summed E-state index contributed by atoms with van der Waals surface area (Å²) in [5.74, 6) is -1.59. The molecule has 114 valence electrons. The third-order valence-corrected chi connectivity index (χ3v) is 4.10. The summed E-state index contributed by atoms with van der Waals surface area (Å²) in [5, 5.41) is 9.11. The third-order valence-electron chi connectivity index (χ3n) is 4.10. The molecule has 4 heteroatoms. The lowest BCUT2D eigenvalue weighted by Crippen LogP contribution is -2.27. The van der Waals surface area contributed by atoms with E-state index in [-0.39, 0.29) is 24.3 Å². The van der Waals surface area contributed by atoms with Gasteiger partial charge in [-0.3, -0.25) is 9.59 Å². The molecule has 1 aromatic carbocycles. The molecule has 0 saturated carbocycles. The minimum atomic E-state index is -0.896. The van der Waals surface area contributed by atoms with Crippen LogP contribution in [0.1, 0.15) is 43.9 Å². The van der Waals surface area contributed by atoms with Crippen LogP contribution >= 0.6 is 0 Å². The Labute approximate surface area is 125 Å². The number of carboxylic acids is 1. The number of nitrogens with zero attached hydrogens (tertiary/aromatic N) is 1. The van der Waals surface area contributed by atoms with Crippen LogP contribution in [-0.4, -0.2) is 23.5 Å². The first kappa shape index (κ1) is 15.5. The number of anilines is 1. The first-order valence-corrected chi connectivity index (χ1v) is 7.26. The zero-order valence-corrected chi connectivity index (χ0v) is 13.4. The number of hydrogen-bond donors (Lipinski definition) is 1. The van der Waals surface area contributed by atoms with Gasteiger partial charge in [-0.05, 0) is 36.0 Å². The van der Waals surface area contributed by atoms with Gasteiger partial charge in [-0.2, -0.15) is 0 Å². The Balaban J connectivity index is 2.42. The monoisotopic (exact) mass is 289 g/mol. The lowest BCUT2D eigenvalue weighted by Gasteiger charge is -2.26. The van der Waals surface area contributed by atoms with Crippen LogP contribution < -0.4 is 4.90 Å². The predicted molar refractivity (Wildman–Crippen MR) is 82.7 cm³/mol. The normalized spacial score (nSPS) is 19.2. The van der Waals surface area contributed by atoms with Crippen molar-refractivity contribution in [3.05, 3.63) is 28.8 Å². The van der Waals surface area contributed by atoms with Crippen LogP contribution in [0.15, 0.2) is 12.1 Å². The van der Waals surface area contributed by atoms with Crippen LogP contribution in [0.4, 0.5) is 5.69 Å². The van der Waals surface area contributed by atoms with E-state index < -0.39 is 11.9 Å². The van der Waals surface area contributed by atoms with Gasteiger partial charge in [-0.25, -0.2) is 0 Å². The molecule has 1 amide bonds. The van der Waals surface area contributed by atoms with Gasteiger partial charge in [0.1, 0.15) is 0 Å². The summed E-state index contributed by atoms with van der Waals surface area (Å²) < 4.78 is 0. The van der Waals surface area contributed by atoms with Crippen LogP contribution in [0.25, 0.3) is 0 Å². The summed E-state index contributed by atoms with van der Waals surface area (Å²) in [6, 6.07) is 4.20. The molecule has 0 aromatic heterocycles. The standard InChI is InChI=1S/C17H23NO3/c1-10-6-13(17(3,4)5)7-11(2)15(10)18-9-12(16(20)21)8-14(18)19/h6-7,12H,8-9H2,1-5H3,(H,20,21). The number of benzene rings is 1. The van der Waals surface area contributed by atoms with E-state index in [0.29, 0.717) is 0 Å². The Morgan fingerprint density at radius 1 is 1.24 bits per heavy atom. The van der Waals surface area contributed by atoms with E-state index in [1.807, 2.05) is 13.8 Å². The molecule has 0 aliphatic carbocycles. The van der Waals surface area contributed by atoms with Crippen molar-refractivity contribution in [1.29, 1.82) is 0 Å². The molecule has 1 aromatic rings. The molecule has 1 heterocycles. The fraction of sp³-hybridized carbons (Fsp3) is 0.529. The van der Waals surface area contributed by atoms with E-state index in [1.165, 1.54) is 5.56 Å². The van der Waals surface area contributed by atoms with Crippen LogP contribution in [-0.2, 0) is 15.0 Å². The topological polar surface area (TPSA) is 57.6 Å². The summed E-state index contributed by atoms with van der Waals surface area (Å²) in [5.41, 5.74) is 4.20. The fourth-order valence-electron chi connectivity index (χ4n) is 2.90. The van der Waals surface area contributed by atoms with Gasteiger partial charge in [0.25, 0.3) is 0 Å². The molecular formula is C17H23NO3. The van der Waals surface area contributed by atoms with Crippen molar-refractivity contribution in [3.8, 4) is 0 Å². The highest BCUT2D eigenvalue weighted by Gasteiger charge is 2.36. The Morgan fingerprint density at radius 2 is 1.76 bits per heavy atom. The number of carbonyl (C=O) groups is 2. The molecule has 0 radical (unpaired) electrons. The minimum Gasteiger partial charge on any atom is -0.481 e. The van der Waals surface area contributed by atoms with Crippen molar-refractivity contribution in [1.82, 2.24) is 0 Å². The second-order valence-electron chi connectivity index (χ2n) is 6.95. The first-order chi connectivity index (χ1) is 9.61. The number of aliphatic carboxylic acids is 1. The average molecular weight is 289 g/mol. The van der Waals surface area contributed by atoms with E-state index in [9.17, 15) is 9.59 Å². The second kappa shape index (κ2) is 5.17. The molecule has 2 rings (SSSR count). The van der Waals surface area contributed by atoms with Crippen LogP contribution in [0.2, 0.25) is 0 Å². The molecule has 1 unspecified atom stereocenters. The molecule has 0 bridgehead atoms. The summed E-state index contributed by atoms with van der Waals surface area (Å²) in [6.45, 7) is 10.7. The van der Waals surface area contributed by atoms with Gasteiger partial charge in [0.05, 0.1) is 5.92 Å². The maximum Gasteiger partial charge on any atom is 0.308 e. The van der Waals surface area contributed by atoms with Crippen molar-refractivity contribution < 1.29 is 14.7 Å². The number of amides is 1. The molecular weight excluding hydrogens is 266 g/mol. The van der Waals surface area contributed by atoms with Gasteiger partial charge < -0.3 is 10.0 Å². The van der Waals surface area contributed by atoms with E-state index in [4.69, 9.17) is 5.11 Å². The molecule has 1 atom stereocenters. The number of hydrogen-bond acceptors (Lipinski definition) is 2. The van der Waals surface area contributed by atoms with Gasteiger partial charge in [-0.15, -0.1) is 0 Å². The molecule has 1 fully saturated rings. The van der Waals surface area contributed by atoms with Gasteiger partial charge >= 0.3 is 5.97 Å². The van der Waals surface area contributed by atoms with E-state index in [0.717, 1.165) is 16.8 Å². The zero-order valence-electron chi connectivity index (χ0n) is 13.4. The molecule has 4 nitrogen and oxygen atoms in total. The number of rotatable bonds is 2. The Kier molecular flexibility index (Phi) is 3.83. The predicted octanol–water partition coefficient (Wildman–Crippen LogP) is 3.04. The maximum absolute atomic E-state index is 12.1. The minimum absolute atomic E-state index is 0.0483. The molecule has 0 spiro atoms. The van der Waals surface area contributed by atoms with Crippen LogP contribution in [0.5, 0.6) is 0 Å². The molecule has 1 saturated heterocycles. The molecule has 21 heavy (non-hydrogen) atoms. The third kappa shape index (κ3) is 2.94. The van der Waals surface area contributed by atoms with Gasteiger partial charge in [0.15, 0.2) is 0 Å². The lowest BCUT2D eigenvalue weighted by molar-refractivity contribution is -0.141. The SMILES string of the molecule is Cc1cc(C(C)(C)C)cc(C)c1N1CC(C(=O)O)CC1=O. The number of carbonyl (C=O) groups excluding carboxylic acids is 1. The first-order valence-electron chi connectivity index (χ1n) is 7.26. The summed E-state index contributed by atoms with van der Waals surface area (Å²) in [7, 11) is 0. The average Bonchev–Trinajstić information content (AvgIpc) is 2.69. The quantitative estimate of drug-likeness (QED) is 0.910. The maximum atomic E-state index is 12.1.